The summed E-state index contributed by atoms with van der Waals surface area (Å²) in [5.74, 6) is -3.14. The quantitative estimate of drug-likeness (QED) is 0.0228. The number of hydrogen-bond acceptors (Lipinski definition) is 11. The van der Waals surface area contributed by atoms with Crippen LogP contribution in [0.5, 0.6) is 0 Å². The van der Waals surface area contributed by atoms with Gasteiger partial charge in [0.05, 0.1) is 6.61 Å². The number of carbonyl (C=O) groups is 4. The Bertz CT molecular complexity index is 1730. The lowest BCUT2D eigenvalue weighted by Crippen LogP contribution is -2.61. The number of esters is 3. The molecule has 1 fully saturated rings. The molecule has 0 saturated carbocycles. The average Bonchev–Trinajstić information content (AvgIpc) is 3.45. The van der Waals surface area contributed by atoms with Gasteiger partial charge in [-0.05, 0) is 96.3 Å². The summed E-state index contributed by atoms with van der Waals surface area (Å²) in [5, 5.41) is 31.6. The van der Waals surface area contributed by atoms with E-state index in [1.165, 1.54) is 83.5 Å². The monoisotopic (exact) mass is 1140 g/mol. The minimum Gasteiger partial charge on any atom is -0.479 e. The van der Waals surface area contributed by atoms with Gasteiger partial charge < -0.3 is 39.0 Å². The topological polar surface area (TPSA) is 175 Å². The van der Waals surface area contributed by atoms with E-state index in [1.54, 1.807) is 0 Å². The van der Waals surface area contributed by atoms with Crippen LogP contribution in [0.4, 0.5) is 0 Å². The minimum absolute atomic E-state index is 0.0430. The Morgan fingerprint density at radius 2 is 0.778 bits per heavy atom. The number of aliphatic carboxylic acids is 1. The second-order valence-corrected chi connectivity index (χ2v) is 22.0. The van der Waals surface area contributed by atoms with Gasteiger partial charge in [0.2, 0.25) is 0 Å². The first-order chi connectivity index (χ1) is 39.6. The number of allylic oxidation sites excluding steroid dienone is 14. The molecule has 1 saturated heterocycles. The van der Waals surface area contributed by atoms with E-state index in [2.05, 4.69) is 106 Å². The van der Waals surface area contributed by atoms with E-state index in [0.29, 0.717) is 19.3 Å². The number of carboxylic acid groups (broad SMARTS) is 1. The lowest BCUT2D eigenvalue weighted by molar-refractivity contribution is -0.301. The van der Waals surface area contributed by atoms with Crippen LogP contribution in [0.15, 0.2) is 85.1 Å². The van der Waals surface area contributed by atoms with Crippen molar-refractivity contribution in [1.82, 2.24) is 0 Å². The first-order valence-corrected chi connectivity index (χ1v) is 32.6. The van der Waals surface area contributed by atoms with Gasteiger partial charge in [0.1, 0.15) is 18.8 Å². The first-order valence-electron chi connectivity index (χ1n) is 32.6. The van der Waals surface area contributed by atoms with E-state index in [1.807, 2.05) is 0 Å². The number of unbranched alkanes of at least 4 members (excludes halogenated alkanes) is 27. The minimum atomic E-state index is -1.91. The second-order valence-electron chi connectivity index (χ2n) is 22.0. The summed E-state index contributed by atoms with van der Waals surface area (Å²) in [6.45, 7) is 5.86. The van der Waals surface area contributed by atoms with Crippen molar-refractivity contribution in [3.63, 3.8) is 0 Å². The van der Waals surface area contributed by atoms with Crippen molar-refractivity contribution in [2.45, 2.75) is 314 Å². The maximum Gasteiger partial charge on any atom is 0.335 e. The average molecular weight is 1140 g/mol. The molecular weight excluding hydrogens is 1020 g/mol. The summed E-state index contributed by atoms with van der Waals surface area (Å²) in [7, 11) is 0. The Kier molecular flexibility index (Phi) is 52.1. The van der Waals surface area contributed by atoms with Gasteiger partial charge in [0.25, 0.3) is 0 Å². The van der Waals surface area contributed by atoms with Crippen LogP contribution in [0.2, 0.25) is 0 Å². The molecule has 1 aliphatic heterocycles. The van der Waals surface area contributed by atoms with Crippen LogP contribution in [0.25, 0.3) is 0 Å². The lowest BCUT2D eigenvalue weighted by Gasteiger charge is -2.40. The van der Waals surface area contributed by atoms with Crippen LogP contribution in [0, 0.1) is 0 Å². The third kappa shape index (κ3) is 46.0. The highest BCUT2D eigenvalue weighted by molar-refractivity contribution is 5.74. The molecule has 81 heavy (non-hydrogen) atoms. The van der Waals surface area contributed by atoms with E-state index in [-0.39, 0.29) is 25.9 Å². The van der Waals surface area contributed by atoms with Crippen molar-refractivity contribution in [2.24, 2.45) is 0 Å². The number of aliphatic hydroxyl groups is 2. The van der Waals surface area contributed by atoms with Gasteiger partial charge in [-0.3, -0.25) is 14.4 Å². The van der Waals surface area contributed by atoms with Crippen molar-refractivity contribution in [3.8, 4) is 0 Å². The third-order valence-corrected chi connectivity index (χ3v) is 14.5. The maximum absolute atomic E-state index is 13.2. The molecule has 3 N–H and O–H groups in total. The number of hydrogen-bond donors (Lipinski definition) is 3. The third-order valence-electron chi connectivity index (χ3n) is 14.5. The van der Waals surface area contributed by atoms with Crippen LogP contribution in [-0.4, -0.2) is 89.2 Å². The fourth-order valence-corrected chi connectivity index (χ4v) is 9.48. The Morgan fingerprint density at radius 1 is 0.420 bits per heavy atom. The predicted octanol–water partition coefficient (Wildman–Crippen LogP) is 17.5. The molecule has 1 aliphatic rings. The van der Waals surface area contributed by atoms with Crippen molar-refractivity contribution < 1.29 is 58.2 Å². The molecule has 6 atom stereocenters. The SMILES string of the molecule is CC/C=C\C/C=C\C/C=C\C/C=C\CCCCCCCCC(=O)OCC(COC1OC(C(=O)O)C(O)C(O)C1OC(=O)CCCCCCCC/C=C\C/C=C\C/C=C\CCCCC)OC(=O)CCCCCCCCCCCCCCC. The summed E-state index contributed by atoms with van der Waals surface area (Å²) in [4.78, 5) is 51.3. The van der Waals surface area contributed by atoms with E-state index < -0.39 is 67.3 Å². The molecule has 12 heteroatoms. The van der Waals surface area contributed by atoms with Gasteiger partial charge in [-0.2, -0.15) is 0 Å². The molecular formula is C69H116O12. The normalized spacial score (nSPS) is 18.3. The number of aliphatic hydroxyl groups excluding tert-OH is 2. The molecule has 1 rings (SSSR count). The summed E-state index contributed by atoms with van der Waals surface area (Å²) in [6, 6.07) is 0. The molecule has 6 unspecified atom stereocenters. The standard InChI is InChI=1S/C69H116O12/c1-4-7-10-13-16-19-22-25-27-29-31-33-35-38-40-43-46-49-52-55-61(70)77-58-60(79-62(71)56-53-50-47-44-41-37-24-21-18-15-12-9-6-3)59-78-69-67(65(74)64(73)66(81-69)68(75)76)80-63(72)57-54-51-48-45-42-39-36-34-32-30-28-26-23-20-17-14-11-8-5-2/h7,10,16-17,19-20,25-28,31-34,60,64-67,69,73-74H,4-6,8-9,11-15,18,21-24,29-30,35-59H2,1-3H3,(H,75,76)/b10-7-,19-16-,20-17-,27-25-,28-26-,33-31-,34-32-. The van der Waals surface area contributed by atoms with Gasteiger partial charge in [-0.15, -0.1) is 0 Å². The van der Waals surface area contributed by atoms with Gasteiger partial charge in [-0.25, -0.2) is 4.79 Å². The zero-order chi connectivity index (χ0) is 58.9. The maximum atomic E-state index is 13.2. The predicted molar refractivity (Wildman–Crippen MR) is 331 cm³/mol. The van der Waals surface area contributed by atoms with Gasteiger partial charge in [0.15, 0.2) is 24.6 Å². The molecule has 0 spiro atoms. The largest absolute Gasteiger partial charge is 0.479 e. The number of rotatable bonds is 55. The fraction of sp³-hybridized carbons (Fsp3) is 0.739. The molecule has 0 bridgehead atoms. The summed E-state index contributed by atoms with van der Waals surface area (Å²) >= 11 is 0. The molecule has 0 aromatic carbocycles. The Hall–Kier alpha value is -4.10. The summed E-state index contributed by atoms with van der Waals surface area (Å²) in [5.41, 5.74) is 0. The Morgan fingerprint density at radius 3 is 1.21 bits per heavy atom. The van der Waals surface area contributed by atoms with Crippen LogP contribution in [0.3, 0.4) is 0 Å². The Labute approximate surface area is 492 Å². The van der Waals surface area contributed by atoms with E-state index in [9.17, 15) is 34.5 Å². The highest BCUT2D eigenvalue weighted by Gasteiger charge is 2.50. The number of carboxylic acids is 1. The van der Waals surface area contributed by atoms with Gasteiger partial charge >= 0.3 is 23.9 Å². The number of carbonyl (C=O) groups excluding carboxylic acids is 3. The zero-order valence-electron chi connectivity index (χ0n) is 51.3. The fourth-order valence-electron chi connectivity index (χ4n) is 9.48. The van der Waals surface area contributed by atoms with Crippen LogP contribution < -0.4 is 0 Å². The smallest absolute Gasteiger partial charge is 0.335 e. The van der Waals surface area contributed by atoms with E-state index >= 15 is 0 Å². The summed E-state index contributed by atoms with van der Waals surface area (Å²) < 4.78 is 28.5. The molecule has 0 aliphatic carbocycles. The molecule has 0 radical (unpaired) electrons. The second kappa shape index (κ2) is 56.4. The molecule has 1 heterocycles. The van der Waals surface area contributed by atoms with Crippen LogP contribution in [0.1, 0.15) is 278 Å². The zero-order valence-corrected chi connectivity index (χ0v) is 51.3. The highest BCUT2D eigenvalue weighted by Crippen LogP contribution is 2.27. The van der Waals surface area contributed by atoms with Crippen molar-refractivity contribution >= 4 is 23.9 Å². The summed E-state index contributed by atoms with van der Waals surface area (Å²) in [6.07, 6.45) is 61.0. The van der Waals surface area contributed by atoms with Crippen molar-refractivity contribution in [2.75, 3.05) is 13.2 Å². The van der Waals surface area contributed by atoms with E-state index in [0.717, 1.165) is 135 Å². The Balaban J connectivity index is 2.66. The molecule has 464 valence electrons. The highest BCUT2D eigenvalue weighted by atomic mass is 16.7. The molecule has 0 aromatic heterocycles. The van der Waals surface area contributed by atoms with Crippen molar-refractivity contribution in [1.29, 1.82) is 0 Å². The van der Waals surface area contributed by atoms with E-state index in [4.69, 9.17) is 23.7 Å². The number of ether oxygens (including phenoxy) is 5. The van der Waals surface area contributed by atoms with Crippen LogP contribution >= 0.6 is 0 Å². The van der Waals surface area contributed by atoms with Crippen LogP contribution in [-0.2, 0) is 42.9 Å². The van der Waals surface area contributed by atoms with Gasteiger partial charge in [0, 0.05) is 19.3 Å². The first kappa shape index (κ1) is 74.9. The molecule has 0 amide bonds. The van der Waals surface area contributed by atoms with Crippen molar-refractivity contribution in [3.05, 3.63) is 85.1 Å². The van der Waals surface area contributed by atoms with Gasteiger partial charge in [-0.1, -0.05) is 247 Å². The molecule has 12 nitrogen and oxygen atoms in total. The molecule has 0 aromatic rings. The lowest BCUT2D eigenvalue weighted by atomic mass is 9.98.